The monoisotopic (exact) mass is 326 g/mol. The Morgan fingerprint density at radius 1 is 1.17 bits per heavy atom. The minimum Gasteiger partial charge on any atom is -0.337 e. The van der Waals surface area contributed by atoms with Crippen LogP contribution in [0, 0.1) is 6.92 Å². The highest BCUT2D eigenvalue weighted by Crippen LogP contribution is 2.29. The first-order chi connectivity index (χ1) is 11.6. The second kappa shape index (κ2) is 6.20. The lowest BCUT2D eigenvalue weighted by atomic mass is 10.0. The van der Waals surface area contributed by atoms with Crippen molar-refractivity contribution in [2.45, 2.75) is 51.2 Å². The molecule has 3 heterocycles. The first kappa shape index (κ1) is 15.6. The Morgan fingerprint density at radius 3 is 2.71 bits per heavy atom. The van der Waals surface area contributed by atoms with Gasteiger partial charge in [0.1, 0.15) is 12.4 Å². The highest BCUT2D eigenvalue weighted by atomic mass is 16.2. The summed E-state index contributed by atoms with van der Waals surface area (Å²) in [4.78, 5) is 22.2. The van der Waals surface area contributed by atoms with Crippen LogP contribution < -0.4 is 0 Å². The van der Waals surface area contributed by atoms with Crippen LogP contribution in [0.2, 0.25) is 0 Å². The van der Waals surface area contributed by atoms with Crippen LogP contribution in [0.3, 0.4) is 0 Å². The fourth-order valence-corrected chi connectivity index (χ4v) is 4.55. The Labute approximate surface area is 143 Å². The van der Waals surface area contributed by atoms with Gasteiger partial charge in [0, 0.05) is 18.6 Å². The zero-order valence-corrected chi connectivity index (χ0v) is 14.6. The summed E-state index contributed by atoms with van der Waals surface area (Å²) in [5, 5.41) is 0. The van der Waals surface area contributed by atoms with Crippen molar-refractivity contribution in [1.29, 1.82) is 0 Å². The molecule has 24 heavy (non-hydrogen) atoms. The first-order valence-electron chi connectivity index (χ1n) is 9.07. The number of amides is 1. The number of para-hydroxylation sites is 2. The van der Waals surface area contributed by atoms with Gasteiger partial charge in [-0.05, 0) is 58.3 Å². The first-order valence-corrected chi connectivity index (χ1v) is 9.07. The minimum atomic E-state index is 0.240. The Bertz CT molecular complexity index is 753. The third-order valence-corrected chi connectivity index (χ3v) is 5.78. The van der Waals surface area contributed by atoms with Gasteiger partial charge in [-0.2, -0.15) is 0 Å². The van der Waals surface area contributed by atoms with E-state index in [2.05, 4.69) is 32.5 Å². The fourth-order valence-electron chi connectivity index (χ4n) is 4.55. The molecule has 5 heteroatoms. The number of fused-ring (bicyclic) bond motifs is 1. The molecular formula is C19H26N4O. The molecule has 1 amide bonds. The third-order valence-electron chi connectivity index (χ3n) is 5.78. The summed E-state index contributed by atoms with van der Waals surface area (Å²) in [6.45, 7) is 4.45. The number of benzene rings is 1. The van der Waals surface area contributed by atoms with E-state index in [1.165, 1.54) is 12.8 Å². The maximum absolute atomic E-state index is 13.0. The molecule has 0 N–H and O–H groups in total. The molecule has 0 unspecified atom stereocenters. The Kier molecular flexibility index (Phi) is 4.04. The van der Waals surface area contributed by atoms with E-state index >= 15 is 0 Å². The van der Waals surface area contributed by atoms with Crippen molar-refractivity contribution in [1.82, 2.24) is 19.4 Å². The number of aryl methyl sites for hydroxylation is 1. The summed E-state index contributed by atoms with van der Waals surface area (Å²) >= 11 is 0. The van der Waals surface area contributed by atoms with Crippen molar-refractivity contribution in [2.24, 2.45) is 0 Å². The van der Waals surface area contributed by atoms with Gasteiger partial charge in [-0.15, -0.1) is 0 Å². The number of likely N-dealkylation sites (tertiary alicyclic amines) is 2. The van der Waals surface area contributed by atoms with Crippen LogP contribution in [0.15, 0.2) is 24.3 Å². The summed E-state index contributed by atoms with van der Waals surface area (Å²) in [5.41, 5.74) is 2.02. The minimum absolute atomic E-state index is 0.240. The second-order valence-corrected chi connectivity index (χ2v) is 7.22. The number of aromatic nitrogens is 2. The van der Waals surface area contributed by atoms with Crippen molar-refractivity contribution in [3.63, 3.8) is 0 Å². The molecule has 0 bridgehead atoms. The molecule has 0 saturated carbocycles. The number of nitrogens with zero attached hydrogens (tertiary/aromatic N) is 4. The largest absolute Gasteiger partial charge is 0.337 e. The molecule has 128 valence electrons. The van der Waals surface area contributed by atoms with Crippen molar-refractivity contribution >= 4 is 16.9 Å². The van der Waals surface area contributed by atoms with E-state index in [-0.39, 0.29) is 5.91 Å². The Morgan fingerprint density at radius 2 is 1.92 bits per heavy atom. The Hall–Kier alpha value is -1.88. The molecule has 4 rings (SSSR count). The molecule has 2 atom stereocenters. The predicted octanol–water partition coefficient (Wildman–Crippen LogP) is 2.43. The van der Waals surface area contributed by atoms with E-state index in [9.17, 15) is 4.79 Å². The maximum atomic E-state index is 13.0. The van der Waals surface area contributed by atoms with E-state index in [4.69, 9.17) is 0 Å². The van der Waals surface area contributed by atoms with Crippen molar-refractivity contribution in [3.05, 3.63) is 30.1 Å². The van der Waals surface area contributed by atoms with Crippen LogP contribution in [-0.2, 0) is 11.3 Å². The zero-order valence-electron chi connectivity index (χ0n) is 14.6. The van der Waals surface area contributed by atoms with Gasteiger partial charge in [0.25, 0.3) is 0 Å². The number of imidazole rings is 1. The van der Waals surface area contributed by atoms with E-state index in [0.29, 0.717) is 18.6 Å². The average Bonchev–Trinajstić information content (AvgIpc) is 3.27. The average molecular weight is 326 g/mol. The van der Waals surface area contributed by atoms with Gasteiger partial charge in [0.2, 0.25) is 5.91 Å². The van der Waals surface area contributed by atoms with Gasteiger partial charge in [-0.25, -0.2) is 4.98 Å². The summed E-state index contributed by atoms with van der Waals surface area (Å²) in [6, 6.07) is 8.99. The van der Waals surface area contributed by atoms with Gasteiger partial charge in [-0.3, -0.25) is 4.79 Å². The maximum Gasteiger partial charge on any atom is 0.242 e. The van der Waals surface area contributed by atoms with E-state index in [1.807, 2.05) is 25.1 Å². The van der Waals surface area contributed by atoms with Crippen LogP contribution in [0.5, 0.6) is 0 Å². The van der Waals surface area contributed by atoms with E-state index in [0.717, 1.165) is 42.8 Å². The van der Waals surface area contributed by atoms with Crippen LogP contribution in [0.4, 0.5) is 0 Å². The number of rotatable bonds is 3. The summed E-state index contributed by atoms with van der Waals surface area (Å²) in [7, 11) is 2.20. The fraction of sp³-hybridized carbons (Fsp3) is 0.579. The number of hydrogen-bond acceptors (Lipinski definition) is 3. The van der Waals surface area contributed by atoms with Crippen LogP contribution in [0.1, 0.15) is 31.5 Å². The van der Waals surface area contributed by atoms with Crippen LogP contribution in [0.25, 0.3) is 11.0 Å². The molecule has 0 radical (unpaired) electrons. The highest BCUT2D eigenvalue weighted by molar-refractivity contribution is 5.81. The standard InChI is InChI=1S/C19H26N4O/c1-14-20-15-7-3-4-8-16(15)23(14)13-19(24)22-12-6-10-18(22)17-9-5-11-21(17)2/h3-4,7-8,17-18H,5-6,9-13H2,1-2H3/t17-,18-/m0/s1. The lowest BCUT2D eigenvalue weighted by Crippen LogP contribution is -2.48. The molecule has 5 nitrogen and oxygen atoms in total. The SMILES string of the molecule is Cc1nc2ccccc2n1CC(=O)N1CCC[C@H]1[C@@H]1CCCN1C. The lowest BCUT2D eigenvalue weighted by Gasteiger charge is -2.33. The number of likely N-dealkylation sites (N-methyl/N-ethyl adjacent to an activating group) is 1. The molecule has 1 aromatic carbocycles. The molecule has 1 aromatic heterocycles. The third kappa shape index (κ3) is 2.61. The van der Waals surface area contributed by atoms with Crippen molar-refractivity contribution < 1.29 is 4.79 Å². The molecule has 2 aromatic rings. The Balaban J connectivity index is 1.55. The van der Waals surface area contributed by atoms with Gasteiger partial charge in [0.15, 0.2) is 0 Å². The quantitative estimate of drug-likeness (QED) is 0.870. The smallest absolute Gasteiger partial charge is 0.242 e. The van der Waals surface area contributed by atoms with E-state index < -0.39 is 0 Å². The molecule has 0 aliphatic carbocycles. The van der Waals surface area contributed by atoms with Gasteiger partial charge in [0.05, 0.1) is 11.0 Å². The molecule has 2 saturated heterocycles. The molecular weight excluding hydrogens is 300 g/mol. The molecule has 2 fully saturated rings. The second-order valence-electron chi connectivity index (χ2n) is 7.22. The number of carbonyl (C=O) groups is 1. The van der Waals surface area contributed by atoms with E-state index in [1.54, 1.807) is 0 Å². The number of hydrogen-bond donors (Lipinski definition) is 0. The van der Waals surface area contributed by atoms with Crippen LogP contribution >= 0.6 is 0 Å². The van der Waals surface area contributed by atoms with Crippen molar-refractivity contribution in [3.8, 4) is 0 Å². The number of carbonyl (C=O) groups excluding carboxylic acids is 1. The summed E-state index contributed by atoms with van der Waals surface area (Å²) in [6.07, 6.45) is 4.75. The van der Waals surface area contributed by atoms with Crippen molar-refractivity contribution in [2.75, 3.05) is 20.1 Å². The lowest BCUT2D eigenvalue weighted by molar-refractivity contribution is -0.133. The summed E-state index contributed by atoms with van der Waals surface area (Å²) < 4.78 is 2.06. The molecule has 0 spiro atoms. The molecule has 2 aliphatic rings. The van der Waals surface area contributed by atoms with Gasteiger partial charge >= 0.3 is 0 Å². The van der Waals surface area contributed by atoms with Crippen LogP contribution in [-0.4, -0.2) is 57.5 Å². The predicted molar refractivity (Wildman–Crippen MR) is 94.9 cm³/mol. The summed E-state index contributed by atoms with van der Waals surface area (Å²) in [5.74, 6) is 1.15. The molecule has 2 aliphatic heterocycles. The van der Waals surface area contributed by atoms with Gasteiger partial charge < -0.3 is 14.4 Å². The highest BCUT2D eigenvalue weighted by Gasteiger charge is 2.38. The van der Waals surface area contributed by atoms with Gasteiger partial charge in [-0.1, -0.05) is 12.1 Å². The topological polar surface area (TPSA) is 41.4 Å². The zero-order chi connectivity index (χ0) is 16.7. The normalized spacial score (nSPS) is 25.0.